The van der Waals surface area contributed by atoms with Crippen molar-refractivity contribution in [2.24, 2.45) is 5.41 Å². The van der Waals surface area contributed by atoms with Crippen LogP contribution in [-0.2, 0) is 14.4 Å². The summed E-state index contributed by atoms with van der Waals surface area (Å²) in [6.45, 7) is 2.51. The Balaban J connectivity index is 2.22. The number of hydrogen-bond donors (Lipinski definition) is 1. The van der Waals surface area contributed by atoms with Crippen LogP contribution in [0.4, 0.5) is 13.2 Å². The Kier molecular flexibility index (Phi) is 9.60. The summed E-state index contributed by atoms with van der Waals surface area (Å²) in [5, 5.41) is 10.6. The molecule has 0 spiro atoms. The average molecular weight is 587 g/mol. The van der Waals surface area contributed by atoms with E-state index in [0.29, 0.717) is 20.5 Å². The summed E-state index contributed by atoms with van der Waals surface area (Å²) in [7, 11) is 0. The van der Waals surface area contributed by atoms with Gasteiger partial charge in [0.1, 0.15) is 6.54 Å². The van der Waals surface area contributed by atoms with Gasteiger partial charge in [-0.3, -0.25) is 14.4 Å². The van der Waals surface area contributed by atoms with Crippen molar-refractivity contribution >= 4 is 41.0 Å². The van der Waals surface area contributed by atoms with Crippen LogP contribution in [0.2, 0.25) is 10.0 Å². The molecule has 1 fully saturated rings. The number of carbonyl (C=O) groups excluding carboxylic acids is 2. The van der Waals surface area contributed by atoms with Crippen molar-refractivity contribution < 1.29 is 32.7 Å². The first kappa shape index (κ1) is 30.8. The second kappa shape index (κ2) is 12.2. The minimum Gasteiger partial charge on any atom is -0.481 e. The van der Waals surface area contributed by atoms with E-state index < -0.39 is 60.3 Å². The zero-order valence-electron chi connectivity index (χ0n) is 21.8. The van der Waals surface area contributed by atoms with Crippen molar-refractivity contribution in [3.8, 4) is 0 Å². The third-order valence-electron chi connectivity index (χ3n) is 7.24. The molecule has 2 aromatic carbocycles. The van der Waals surface area contributed by atoms with E-state index in [1.54, 1.807) is 56.3 Å². The normalized spacial score (nSPS) is 22.5. The Morgan fingerprint density at radius 2 is 1.77 bits per heavy atom. The molecule has 0 radical (unpaired) electrons. The zero-order valence-corrected chi connectivity index (χ0v) is 23.4. The van der Waals surface area contributed by atoms with E-state index in [2.05, 4.69) is 0 Å². The summed E-state index contributed by atoms with van der Waals surface area (Å²) in [4.78, 5) is 40.5. The molecule has 1 saturated heterocycles. The SMILES string of the molecule is CC[C@@H](CN(CC(F)(F)F)C(C)=O)N1C(=O)[C@](C)(CC(=O)O)C[C@H](c2cccc(Cl)c2)[C@H]1c1ccc(Cl)cc1. The van der Waals surface area contributed by atoms with Gasteiger partial charge in [-0.25, -0.2) is 0 Å². The van der Waals surface area contributed by atoms with Crippen LogP contribution in [-0.4, -0.2) is 58.0 Å². The Bertz CT molecular complexity index is 1210. The molecule has 0 bridgehead atoms. The number of nitrogens with zero attached hydrogens (tertiary/aromatic N) is 2. The maximum absolute atomic E-state index is 14.2. The molecule has 0 aromatic heterocycles. The van der Waals surface area contributed by atoms with Gasteiger partial charge in [0.2, 0.25) is 11.8 Å². The highest BCUT2D eigenvalue weighted by Crippen LogP contribution is 2.52. The molecule has 1 aliphatic rings. The molecule has 4 atom stereocenters. The first-order valence-electron chi connectivity index (χ1n) is 12.5. The van der Waals surface area contributed by atoms with Crippen LogP contribution in [0.3, 0.4) is 0 Å². The number of aliphatic carboxylic acids is 1. The number of benzene rings is 2. The summed E-state index contributed by atoms with van der Waals surface area (Å²) in [5.41, 5.74) is 0.0733. The minimum atomic E-state index is -4.63. The third-order valence-corrected chi connectivity index (χ3v) is 7.73. The molecular formula is C28H31Cl2F3N2O4. The number of carboxylic acid groups (broad SMARTS) is 1. The number of carbonyl (C=O) groups is 3. The number of halogens is 5. The second-order valence-electron chi connectivity index (χ2n) is 10.3. The van der Waals surface area contributed by atoms with Crippen molar-refractivity contribution in [1.29, 1.82) is 0 Å². The van der Waals surface area contributed by atoms with Gasteiger partial charge in [-0.2, -0.15) is 13.2 Å². The number of alkyl halides is 3. The third kappa shape index (κ3) is 7.45. The lowest BCUT2D eigenvalue weighted by Gasteiger charge is -2.52. The molecule has 212 valence electrons. The van der Waals surface area contributed by atoms with Gasteiger partial charge in [-0.05, 0) is 48.2 Å². The summed E-state index contributed by atoms with van der Waals surface area (Å²) in [6, 6.07) is 12.3. The first-order chi connectivity index (χ1) is 18.1. The van der Waals surface area contributed by atoms with Crippen molar-refractivity contribution in [2.75, 3.05) is 13.1 Å². The molecule has 1 N–H and O–H groups in total. The molecule has 1 heterocycles. The minimum absolute atomic E-state index is 0.164. The standard InChI is InChI=1S/C28H31Cl2F3N2O4/c1-4-22(15-34(17(2)36)16-28(31,32)33)35-25(18-8-10-20(29)11-9-18)23(19-6-5-7-21(30)12-19)13-27(3,26(35)39)14-24(37)38/h5-12,22-23,25H,4,13-16H2,1-3H3,(H,37,38)/t22-,23+,25+,27-/m0/s1. The molecule has 0 aliphatic carbocycles. The van der Waals surface area contributed by atoms with Crippen molar-refractivity contribution in [3.63, 3.8) is 0 Å². The molecule has 3 rings (SSSR count). The van der Waals surface area contributed by atoms with Crippen molar-refractivity contribution in [1.82, 2.24) is 9.80 Å². The maximum atomic E-state index is 14.2. The lowest BCUT2D eigenvalue weighted by Crippen LogP contribution is -2.59. The topological polar surface area (TPSA) is 77.9 Å². The Morgan fingerprint density at radius 3 is 2.28 bits per heavy atom. The molecule has 0 unspecified atom stereocenters. The molecule has 2 aromatic rings. The zero-order chi connectivity index (χ0) is 29.1. The summed E-state index contributed by atoms with van der Waals surface area (Å²) in [6.07, 6.45) is -4.71. The van der Waals surface area contributed by atoms with Gasteiger partial charge in [0, 0.05) is 35.5 Å². The van der Waals surface area contributed by atoms with Crippen LogP contribution in [0.5, 0.6) is 0 Å². The largest absolute Gasteiger partial charge is 0.481 e. The average Bonchev–Trinajstić information content (AvgIpc) is 2.83. The number of rotatable bonds is 9. The molecule has 39 heavy (non-hydrogen) atoms. The predicted molar refractivity (Wildman–Crippen MR) is 143 cm³/mol. The van der Waals surface area contributed by atoms with Gasteiger partial charge in [-0.15, -0.1) is 0 Å². The smallest absolute Gasteiger partial charge is 0.406 e. The highest BCUT2D eigenvalue weighted by Gasteiger charge is 2.52. The van der Waals surface area contributed by atoms with Crippen LogP contribution < -0.4 is 0 Å². The molecule has 0 saturated carbocycles. The van der Waals surface area contributed by atoms with Crippen LogP contribution in [0.25, 0.3) is 0 Å². The number of amides is 2. The van der Waals surface area contributed by atoms with E-state index in [-0.39, 0.29) is 19.4 Å². The van der Waals surface area contributed by atoms with Gasteiger partial charge >= 0.3 is 12.1 Å². The Labute approximate surface area is 235 Å². The van der Waals surface area contributed by atoms with E-state index >= 15 is 0 Å². The van der Waals surface area contributed by atoms with Crippen molar-refractivity contribution in [2.45, 2.75) is 64.2 Å². The van der Waals surface area contributed by atoms with Gasteiger partial charge < -0.3 is 14.9 Å². The van der Waals surface area contributed by atoms with E-state index in [9.17, 15) is 32.7 Å². The fraction of sp³-hybridized carbons (Fsp3) is 0.464. The number of hydrogen-bond acceptors (Lipinski definition) is 3. The molecule has 11 heteroatoms. The van der Waals surface area contributed by atoms with E-state index in [1.165, 1.54) is 4.90 Å². The number of likely N-dealkylation sites (tertiary alicyclic amines) is 1. The van der Waals surface area contributed by atoms with Crippen LogP contribution >= 0.6 is 23.2 Å². The lowest BCUT2D eigenvalue weighted by molar-refractivity contribution is -0.168. The lowest BCUT2D eigenvalue weighted by atomic mass is 9.67. The van der Waals surface area contributed by atoms with E-state index in [0.717, 1.165) is 12.5 Å². The molecule has 1 aliphatic heterocycles. The molecular weight excluding hydrogens is 556 g/mol. The Morgan fingerprint density at radius 1 is 1.13 bits per heavy atom. The van der Waals surface area contributed by atoms with Gasteiger partial charge in [0.05, 0.1) is 17.9 Å². The van der Waals surface area contributed by atoms with Gasteiger partial charge in [0.25, 0.3) is 0 Å². The molecule has 2 amide bonds. The summed E-state index contributed by atoms with van der Waals surface area (Å²) < 4.78 is 40.0. The second-order valence-corrected chi connectivity index (χ2v) is 11.2. The Hall–Kier alpha value is -2.78. The fourth-order valence-electron chi connectivity index (χ4n) is 5.47. The highest BCUT2D eigenvalue weighted by atomic mass is 35.5. The van der Waals surface area contributed by atoms with Crippen LogP contribution in [0, 0.1) is 5.41 Å². The molecule has 6 nitrogen and oxygen atoms in total. The first-order valence-corrected chi connectivity index (χ1v) is 13.3. The van der Waals surface area contributed by atoms with E-state index in [4.69, 9.17) is 23.2 Å². The van der Waals surface area contributed by atoms with Crippen LogP contribution in [0.1, 0.15) is 63.1 Å². The fourth-order valence-corrected chi connectivity index (χ4v) is 5.79. The summed E-state index contributed by atoms with van der Waals surface area (Å²) in [5.74, 6) is -2.89. The van der Waals surface area contributed by atoms with Crippen LogP contribution in [0.15, 0.2) is 48.5 Å². The summed E-state index contributed by atoms with van der Waals surface area (Å²) >= 11 is 12.4. The van der Waals surface area contributed by atoms with Crippen molar-refractivity contribution in [3.05, 3.63) is 69.7 Å². The highest BCUT2D eigenvalue weighted by molar-refractivity contribution is 6.30. The number of carboxylic acids is 1. The van der Waals surface area contributed by atoms with Gasteiger partial charge in [-0.1, -0.05) is 61.3 Å². The van der Waals surface area contributed by atoms with Gasteiger partial charge in [0.15, 0.2) is 0 Å². The monoisotopic (exact) mass is 586 g/mol. The maximum Gasteiger partial charge on any atom is 0.406 e. The predicted octanol–water partition coefficient (Wildman–Crippen LogP) is 6.72. The van der Waals surface area contributed by atoms with E-state index in [1.807, 2.05) is 6.07 Å². The number of piperidine rings is 1. The quantitative estimate of drug-likeness (QED) is 0.354.